The Kier molecular flexibility index (Phi) is 3.38. The summed E-state index contributed by atoms with van der Waals surface area (Å²) >= 11 is 0. The number of rotatable bonds is 3. The minimum Gasteiger partial charge on any atom is -0.446 e. The first kappa shape index (κ1) is 9.92. The summed E-state index contributed by atoms with van der Waals surface area (Å²) in [6, 6.07) is 1.67. The molecule has 0 atom stereocenters. The van der Waals surface area contributed by atoms with Gasteiger partial charge in [-0.05, 0) is 6.08 Å². The molecule has 0 N–H and O–H groups in total. The van der Waals surface area contributed by atoms with Gasteiger partial charge in [0.25, 0.3) is 0 Å². The Balaban J connectivity index is 2.47. The van der Waals surface area contributed by atoms with Gasteiger partial charge in [-0.25, -0.2) is 4.79 Å². The summed E-state index contributed by atoms with van der Waals surface area (Å²) in [5.74, 6) is -0.453. The van der Waals surface area contributed by atoms with Gasteiger partial charge in [-0.3, -0.25) is 4.79 Å². The number of ether oxygens (including phenoxy) is 1. The van der Waals surface area contributed by atoms with E-state index in [0.717, 1.165) is 23.4 Å². The van der Waals surface area contributed by atoms with E-state index in [2.05, 4.69) is 9.84 Å². The number of carbonyl (C=O) groups is 2. The number of hydrogen-bond donors (Lipinski definition) is 0. The zero-order valence-corrected chi connectivity index (χ0v) is 7.21. The Bertz CT molecular complexity index is 340. The highest BCUT2D eigenvalue weighted by Crippen LogP contribution is 2.02. The molecule has 0 radical (unpaired) electrons. The van der Waals surface area contributed by atoms with Crippen LogP contribution in [0.25, 0.3) is 0 Å². The Morgan fingerprint density at radius 2 is 2.50 bits per heavy atom. The molecular weight excluding hydrogens is 186 g/mol. The fraction of sp³-hybridized carbons (Fsp3) is 0.250. The SMILES string of the molecule is N#CC=CC(=O)/C=N/N1CCOC1=O. The standard InChI is InChI=1S/C8H7N3O3/c9-3-1-2-7(12)6-10-11-4-5-14-8(11)13/h1-2,6H,4-5H2/b2-1?,10-6+. The lowest BCUT2D eigenvalue weighted by Crippen LogP contribution is -2.18. The molecular formula is C8H7N3O3. The molecule has 0 spiro atoms. The molecule has 72 valence electrons. The second kappa shape index (κ2) is 4.77. The van der Waals surface area contributed by atoms with Gasteiger partial charge < -0.3 is 4.74 Å². The number of hydrazone groups is 1. The maximum absolute atomic E-state index is 10.9. The van der Waals surface area contributed by atoms with E-state index in [0.29, 0.717) is 6.54 Å². The third kappa shape index (κ3) is 2.71. The predicted octanol–water partition coefficient (Wildman–Crippen LogP) is 0.0733. The van der Waals surface area contributed by atoms with Crippen LogP contribution in [0.1, 0.15) is 0 Å². The number of amides is 1. The molecule has 0 saturated carbocycles. The van der Waals surface area contributed by atoms with Crippen molar-refractivity contribution < 1.29 is 14.3 Å². The van der Waals surface area contributed by atoms with E-state index in [1.807, 2.05) is 0 Å². The monoisotopic (exact) mass is 193 g/mol. The molecule has 1 rings (SSSR count). The molecule has 6 nitrogen and oxygen atoms in total. The van der Waals surface area contributed by atoms with Crippen molar-refractivity contribution >= 4 is 18.1 Å². The van der Waals surface area contributed by atoms with Gasteiger partial charge >= 0.3 is 6.09 Å². The molecule has 1 saturated heterocycles. The van der Waals surface area contributed by atoms with E-state index in [1.54, 1.807) is 6.07 Å². The Morgan fingerprint density at radius 1 is 1.71 bits per heavy atom. The second-order valence-electron chi connectivity index (χ2n) is 2.35. The van der Waals surface area contributed by atoms with Crippen molar-refractivity contribution in [2.24, 2.45) is 5.10 Å². The average molecular weight is 193 g/mol. The number of hydrogen-bond acceptors (Lipinski definition) is 5. The van der Waals surface area contributed by atoms with E-state index >= 15 is 0 Å². The number of ketones is 1. The van der Waals surface area contributed by atoms with E-state index in [9.17, 15) is 9.59 Å². The fourth-order valence-electron chi connectivity index (χ4n) is 0.779. The van der Waals surface area contributed by atoms with Gasteiger partial charge in [0.1, 0.15) is 6.61 Å². The van der Waals surface area contributed by atoms with Gasteiger partial charge in [-0.2, -0.15) is 15.4 Å². The normalized spacial score (nSPS) is 16.2. The van der Waals surface area contributed by atoms with Crippen LogP contribution >= 0.6 is 0 Å². The van der Waals surface area contributed by atoms with Crippen LogP contribution in [0, 0.1) is 11.3 Å². The van der Waals surface area contributed by atoms with Crippen molar-refractivity contribution in [2.75, 3.05) is 13.2 Å². The molecule has 1 aliphatic heterocycles. The zero-order valence-electron chi connectivity index (χ0n) is 7.21. The summed E-state index contributed by atoms with van der Waals surface area (Å²) in [4.78, 5) is 21.7. The highest BCUT2D eigenvalue weighted by atomic mass is 16.6. The molecule has 14 heavy (non-hydrogen) atoms. The van der Waals surface area contributed by atoms with Crippen molar-refractivity contribution in [3.05, 3.63) is 12.2 Å². The number of cyclic esters (lactones) is 1. The Hall–Kier alpha value is -2.16. The zero-order chi connectivity index (χ0) is 10.4. The maximum Gasteiger partial charge on any atom is 0.430 e. The third-order valence-electron chi connectivity index (χ3n) is 1.39. The molecule has 0 aromatic carbocycles. The summed E-state index contributed by atoms with van der Waals surface area (Å²) < 4.78 is 4.57. The topological polar surface area (TPSA) is 82.8 Å². The summed E-state index contributed by atoms with van der Waals surface area (Å²) in [5.41, 5.74) is 0. The van der Waals surface area contributed by atoms with Gasteiger partial charge in [0.15, 0.2) is 5.78 Å². The van der Waals surface area contributed by atoms with Crippen molar-refractivity contribution in [1.29, 1.82) is 5.26 Å². The van der Waals surface area contributed by atoms with Crippen molar-refractivity contribution in [3.8, 4) is 6.07 Å². The molecule has 0 bridgehead atoms. The van der Waals surface area contributed by atoms with Crippen molar-refractivity contribution in [3.63, 3.8) is 0 Å². The number of allylic oxidation sites excluding steroid dienone is 2. The number of carbonyl (C=O) groups excluding carboxylic acids is 2. The molecule has 1 aliphatic rings. The van der Waals surface area contributed by atoms with E-state index < -0.39 is 11.9 Å². The van der Waals surface area contributed by atoms with Gasteiger partial charge in [0, 0.05) is 6.08 Å². The first-order chi connectivity index (χ1) is 6.74. The van der Waals surface area contributed by atoms with Crippen LogP contribution < -0.4 is 0 Å². The first-order valence-electron chi connectivity index (χ1n) is 3.82. The lowest BCUT2D eigenvalue weighted by molar-refractivity contribution is -0.108. The lowest BCUT2D eigenvalue weighted by atomic mass is 10.4. The van der Waals surface area contributed by atoms with E-state index in [4.69, 9.17) is 5.26 Å². The molecule has 0 unspecified atom stereocenters. The first-order valence-corrected chi connectivity index (χ1v) is 3.82. The smallest absolute Gasteiger partial charge is 0.430 e. The summed E-state index contributed by atoms with van der Waals surface area (Å²) in [6.07, 6.45) is 2.49. The highest BCUT2D eigenvalue weighted by molar-refractivity contribution is 6.32. The van der Waals surface area contributed by atoms with Gasteiger partial charge in [0.05, 0.1) is 18.8 Å². The lowest BCUT2D eigenvalue weighted by Gasteiger charge is -2.01. The molecule has 1 fully saturated rings. The summed E-state index contributed by atoms with van der Waals surface area (Å²) in [5, 5.41) is 12.7. The average Bonchev–Trinajstić information content (AvgIpc) is 2.58. The molecule has 1 amide bonds. The fourth-order valence-corrected chi connectivity index (χ4v) is 0.779. The minimum atomic E-state index is -0.571. The third-order valence-corrected chi connectivity index (χ3v) is 1.39. The summed E-state index contributed by atoms with van der Waals surface area (Å²) in [7, 11) is 0. The van der Waals surface area contributed by atoms with Crippen LogP contribution in [-0.2, 0) is 9.53 Å². The largest absolute Gasteiger partial charge is 0.446 e. The number of nitriles is 1. The molecule has 6 heteroatoms. The molecule has 0 aromatic rings. The maximum atomic E-state index is 10.9. The number of nitrogens with zero attached hydrogens (tertiary/aromatic N) is 3. The predicted molar refractivity (Wildman–Crippen MR) is 46.3 cm³/mol. The molecule has 0 aliphatic carbocycles. The van der Waals surface area contributed by atoms with E-state index in [1.165, 1.54) is 0 Å². The van der Waals surface area contributed by atoms with Gasteiger partial charge in [0.2, 0.25) is 0 Å². The van der Waals surface area contributed by atoms with Crippen LogP contribution in [0.4, 0.5) is 4.79 Å². The van der Waals surface area contributed by atoms with Gasteiger partial charge in [-0.1, -0.05) is 0 Å². The van der Waals surface area contributed by atoms with Crippen molar-refractivity contribution in [2.45, 2.75) is 0 Å². The quantitative estimate of drug-likeness (QED) is 0.361. The van der Waals surface area contributed by atoms with Crippen LogP contribution in [0.5, 0.6) is 0 Å². The van der Waals surface area contributed by atoms with Crippen LogP contribution in [0.15, 0.2) is 17.3 Å². The molecule has 0 aromatic heterocycles. The van der Waals surface area contributed by atoms with Gasteiger partial charge in [-0.15, -0.1) is 0 Å². The Labute approximate surface area is 80.1 Å². The van der Waals surface area contributed by atoms with Crippen molar-refractivity contribution in [1.82, 2.24) is 5.01 Å². The molecule has 1 heterocycles. The summed E-state index contributed by atoms with van der Waals surface area (Å²) in [6.45, 7) is 0.614. The van der Waals surface area contributed by atoms with Crippen LogP contribution in [-0.4, -0.2) is 36.3 Å². The van der Waals surface area contributed by atoms with Crippen LogP contribution in [0.2, 0.25) is 0 Å². The highest BCUT2D eigenvalue weighted by Gasteiger charge is 2.20. The minimum absolute atomic E-state index is 0.276. The van der Waals surface area contributed by atoms with Crippen LogP contribution in [0.3, 0.4) is 0 Å². The second-order valence-corrected chi connectivity index (χ2v) is 2.35. The Morgan fingerprint density at radius 3 is 3.07 bits per heavy atom. The van der Waals surface area contributed by atoms with E-state index in [-0.39, 0.29) is 6.61 Å².